The van der Waals surface area contributed by atoms with Gasteiger partial charge >= 0.3 is 0 Å². The molecule has 0 radical (unpaired) electrons. The number of pyridine rings is 1. The molecule has 3 rings (SSSR count). The number of carbonyl (C=O) groups excluding carboxylic acids is 1. The number of nitro benzene ring substituents is 1. The molecule has 0 saturated heterocycles. The van der Waals surface area contributed by atoms with Crippen LogP contribution in [0.4, 0.5) is 5.69 Å². The molecule has 0 aliphatic rings. The van der Waals surface area contributed by atoms with Crippen molar-refractivity contribution in [1.82, 2.24) is 20.4 Å². The number of carbonyl (C=O) groups is 1. The monoisotopic (exact) mass is 408 g/mol. The third-order valence-corrected chi connectivity index (χ3v) is 4.64. The molecule has 0 spiro atoms. The maximum absolute atomic E-state index is 12.1. The highest BCUT2D eigenvalue weighted by atomic mass is 32.2. The van der Waals surface area contributed by atoms with Gasteiger partial charge in [-0.15, -0.1) is 0 Å². The van der Waals surface area contributed by atoms with Crippen LogP contribution >= 0.6 is 11.8 Å². The van der Waals surface area contributed by atoms with Gasteiger partial charge in [0.15, 0.2) is 5.16 Å². The highest BCUT2D eigenvalue weighted by Crippen LogP contribution is 2.30. The van der Waals surface area contributed by atoms with Crippen LogP contribution < -0.4 is 5.43 Å². The van der Waals surface area contributed by atoms with Crippen molar-refractivity contribution in [3.05, 3.63) is 81.4 Å². The first kappa shape index (κ1) is 20.1. The number of nitrogens with zero attached hydrogens (tertiary/aromatic N) is 5. The van der Waals surface area contributed by atoms with Gasteiger partial charge in [0.05, 0.1) is 11.1 Å². The van der Waals surface area contributed by atoms with Gasteiger partial charge in [-0.1, -0.05) is 0 Å². The van der Waals surface area contributed by atoms with E-state index in [-0.39, 0.29) is 5.69 Å². The summed E-state index contributed by atoms with van der Waals surface area (Å²) in [5.41, 5.74) is 4.81. The lowest BCUT2D eigenvalue weighted by Crippen LogP contribution is -2.17. The summed E-state index contributed by atoms with van der Waals surface area (Å²) in [7, 11) is 0. The van der Waals surface area contributed by atoms with Gasteiger partial charge in [-0.2, -0.15) is 5.10 Å². The fraction of sp³-hybridized carbons (Fsp3) is 0.105. The number of hydrogen-bond donors (Lipinski definition) is 1. The van der Waals surface area contributed by atoms with E-state index in [0.717, 1.165) is 11.4 Å². The van der Waals surface area contributed by atoms with Crippen LogP contribution in [0.3, 0.4) is 0 Å². The van der Waals surface area contributed by atoms with Crippen molar-refractivity contribution in [3.63, 3.8) is 0 Å². The number of aromatic nitrogens is 3. The van der Waals surface area contributed by atoms with Crippen LogP contribution in [0.15, 0.2) is 63.9 Å². The summed E-state index contributed by atoms with van der Waals surface area (Å²) in [5, 5.41) is 15.6. The van der Waals surface area contributed by atoms with E-state index >= 15 is 0 Å². The van der Waals surface area contributed by atoms with Gasteiger partial charge in [0, 0.05) is 51.9 Å². The summed E-state index contributed by atoms with van der Waals surface area (Å²) in [6, 6.07) is 9.35. The molecule has 2 heterocycles. The molecule has 0 saturated carbocycles. The number of nitrogens with one attached hydrogen (secondary N) is 1. The second kappa shape index (κ2) is 9.02. The van der Waals surface area contributed by atoms with Crippen molar-refractivity contribution in [3.8, 4) is 0 Å². The van der Waals surface area contributed by atoms with E-state index in [4.69, 9.17) is 0 Å². The molecule has 146 valence electrons. The molecule has 0 unspecified atom stereocenters. The van der Waals surface area contributed by atoms with Crippen LogP contribution in [0.5, 0.6) is 0 Å². The van der Waals surface area contributed by atoms with Gasteiger partial charge in [0.1, 0.15) is 0 Å². The second-order valence-corrected chi connectivity index (χ2v) is 6.96. The van der Waals surface area contributed by atoms with E-state index in [2.05, 4.69) is 25.5 Å². The first-order chi connectivity index (χ1) is 13.9. The zero-order valence-corrected chi connectivity index (χ0v) is 16.4. The third kappa shape index (κ3) is 5.42. The van der Waals surface area contributed by atoms with E-state index in [1.807, 2.05) is 19.9 Å². The summed E-state index contributed by atoms with van der Waals surface area (Å²) in [6.07, 6.45) is 4.35. The Morgan fingerprint density at radius 1 is 1.14 bits per heavy atom. The summed E-state index contributed by atoms with van der Waals surface area (Å²) in [4.78, 5) is 36.0. The van der Waals surface area contributed by atoms with Gasteiger partial charge in [0.2, 0.25) is 0 Å². The molecule has 1 aromatic carbocycles. The number of benzene rings is 1. The molecular formula is C19H16N6O3S. The number of non-ortho nitro benzene ring substituents is 1. The van der Waals surface area contributed by atoms with Crippen molar-refractivity contribution in [1.29, 1.82) is 0 Å². The van der Waals surface area contributed by atoms with Crippen LogP contribution in [0.1, 0.15) is 27.3 Å². The summed E-state index contributed by atoms with van der Waals surface area (Å²) in [6.45, 7) is 3.73. The smallest absolute Gasteiger partial charge is 0.267 e. The van der Waals surface area contributed by atoms with Gasteiger partial charge in [0.25, 0.3) is 11.6 Å². The normalized spacial score (nSPS) is 10.8. The predicted molar refractivity (Wildman–Crippen MR) is 108 cm³/mol. The number of amides is 1. The van der Waals surface area contributed by atoms with E-state index in [1.54, 1.807) is 18.2 Å². The number of aryl methyl sites for hydroxylation is 2. The van der Waals surface area contributed by atoms with Crippen LogP contribution in [-0.2, 0) is 0 Å². The molecule has 3 aromatic rings. The number of nitro groups is 1. The highest BCUT2D eigenvalue weighted by molar-refractivity contribution is 7.99. The molecular weight excluding hydrogens is 392 g/mol. The largest absolute Gasteiger partial charge is 0.271 e. The Hall–Kier alpha value is -3.66. The van der Waals surface area contributed by atoms with Crippen molar-refractivity contribution >= 4 is 29.6 Å². The minimum atomic E-state index is -0.491. The Balaban J connectivity index is 1.85. The van der Waals surface area contributed by atoms with Crippen LogP contribution in [-0.4, -0.2) is 32.0 Å². The fourth-order valence-corrected chi connectivity index (χ4v) is 3.35. The third-order valence-electron chi connectivity index (χ3n) is 3.68. The maximum Gasteiger partial charge on any atom is 0.271 e. The first-order valence-corrected chi connectivity index (χ1v) is 9.26. The molecule has 1 amide bonds. The molecule has 29 heavy (non-hydrogen) atoms. The molecule has 0 aliphatic carbocycles. The maximum atomic E-state index is 12.1. The predicted octanol–water partition coefficient (Wildman–Crippen LogP) is 3.31. The van der Waals surface area contributed by atoms with E-state index in [1.165, 1.54) is 42.5 Å². The Kier molecular flexibility index (Phi) is 6.25. The molecule has 10 heteroatoms. The zero-order valence-electron chi connectivity index (χ0n) is 15.6. The molecule has 0 aliphatic heterocycles. The Morgan fingerprint density at radius 3 is 2.48 bits per heavy atom. The molecule has 0 fully saturated rings. The van der Waals surface area contributed by atoms with Gasteiger partial charge in [-0.25, -0.2) is 15.4 Å². The number of hydrogen-bond acceptors (Lipinski definition) is 8. The molecule has 1 N–H and O–H groups in total. The van der Waals surface area contributed by atoms with Crippen molar-refractivity contribution in [2.75, 3.05) is 0 Å². The van der Waals surface area contributed by atoms with E-state index in [9.17, 15) is 14.9 Å². The number of hydrazone groups is 1. The highest BCUT2D eigenvalue weighted by Gasteiger charge is 2.13. The average molecular weight is 408 g/mol. The molecule has 2 aromatic heterocycles. The minimum absolute atomic E-state index is 0.0856. The zero-order chi connectivity index (χ0) is 20.8. The average Bonchev–Trinajstić information content (AvgIpc) is 2.68. The summed E-state index contributed by atoms with van der Waals surface area (Å²) < 4.78 is 0. The Labute approximate surface area is 170 Å². The van der Waals surface area contributed by atoms with Gasteiger partial charge in [-0.3, -0.25) is 19.9 Å². The van der Waals surface area contributed by atoms with Crippen molar-refractivity contribution < 1.29 is 9.72 Å². The van der Waals surface area contributed by atoms with E-state index in [0.29, 0.717) is 21.2 Å². The fourth-order valence-electron chi connectivity index (χ4n) is 2.41. The standard InChI is InChI=1S/C19H16N6O3S/c1-12-9-13(2)23-19(22-12)29-17-4-3-16(25(27)28)10-15(17)11-21-24-18(26)14-5-7-20-8-6-14/h3-11H,1-2H3,(H,24,26)/b21-11+. The van der Waals surface area contributed by atoms with Crippen LogP contribution in [0, 0.1) is 24.0 Å². The minimum Gasteiger partial charge on any atom is -0.267 e. The topological polar surface area (TPSA) is 123 Å². The van der Waals surface area contributed by atoms with Gasteiger partial charge < -0.3 is 0 Å². The lowest BCUT2D eigenvalue weighted by molar-refractivity contribution is -0.384. The molecule has 9 nitrogen and oxygen atoms in total. The summed E-state index contributed by atoms with van der Waals surface area (Å²) in [5.74, 6) is -0.416. The Morgan fingerprint density at radius 2 is 1.83 bits per heavy atom. The lowest BCUT2D eigenvalue weighted by atomic mass is 10.2. The Bertz CT molecular complexity index is 1070. The van der Waals surface area contributed by atoms with Crippen LogP contribution in [0.25, 0.3) is 0 Å². The molecule has 0 atom stereocenters. The second-order valence-electron chi connectivity index (χ2n) is 5.95. The number of rotatable bonds is 6. The van der Waals surface area contributed by atoms with Crippen molar-refractivity contribution in [2.45, 2.75) is 23.9 Å². The van der Waals surface area contributed by atoms with Crippen molar-refractivity contribution in [2.24, 2.45) is 5.10 Å². The van der Waals surface area contributed by atoms with Gasteiger partial charge in [-0.05, 0) is 49.9 Å². The lowest BCUT2D eigenvalue weighted by Gasteiger charge is -2.06. The summed E-state index contributed by atoms with van der Waals surface area (Å²) >= 11 is 1.26. The van der Waals surface area contributed by atoms with E-state index < -0.39 is 10.8 Å². The SMILES string of the molecule is Cc1cc(C)nc(Sc2ccc([N+](=O)[O-])cc2/C=N/NC(=O)c2ccncc2)n1. The van der Waals surface area contributed by atoms with Crippen LogP contribution in [0.2, 0.25) is 0 Å². The quantitative estimate of drug-likeness (QED) is 0.287. The molecule has 0 bridgehead atoms. The first-order valence-electron chi connectivity index (χ1n) is 8.44.